The molecule has 0 aromatic heterocycles. The second-order valence-corrected chi connectivity index (χ2v) is 8.47. The molecule has 0 atom stereocenters. The Morgan fingerprint density at radius 1 is 0.875 bits per heavy atom. The van der Waals surface area contributed by atoms with Crippen LogP contribution in [-0.2, 0) is 16.4 Å². The van der Waals surface area contributed by atoms with E-state index in [1.54, 1.807) is 30.3 Å². The Balaban J connectivity index is 1.59. The van der Waals surface area contributed by atoms with Crippen molar-refractivity contribution in [3.63, 3.8) is 0 Å². The molecule has 3 aromatic carbocycles. The fourth-order valence-electron chi connectivity index (χ4n) is 2.97. The molecule has 8 nitrogen and oxygen atoms in total. The van der Waals surface area contributed by atoms with Crippen LogP contribution in [0.25, 0.3) is 0 Å². The van der Waals surface area contributed by atoms with Crippen LogP contribution in [0.1, 0.15) is 5.56 Å². The van der Waals surface area contributed by atoms with E-state index in [-0.39, 0.29) is 16.7 Å². The summed E-state index contributed by atoms with van der Waals surface area (Å²) in [5, 5.41) is 5.51. The van der Waals surface area contributed by atoms with E-state index < -0.39 is 10.0 Å². The van der Waals surface area contributed by atoms with Gasteiger partial charge in [0.25, 0.3) is 10.0 Å². The lowest BCUT2D eigenvalue weighted by Gasteiger charge is -2.13. The standard InChI is InChI=1S/C23H25N3O5S/c1-30-20-12-13-21(31-2)22(16-20)32(28,29)26-19-10-8-18(9-11-19)25-23(27)24-15-14-17-6-4-3-5-7-17/h3-13,16,26H,14-15H2,1-2H3,(H2,24,25,27). The number of hydrogen-bond acceptors (Lipinski definition) is 5. The lowest BCUT2D eigenvalue weighted by molar-refractivity contribution is 0.252. The minimum absolute atomic E-state index is 0.0423. The number of sulfonamides is 1. The van der Waals surface area contributed by atoms with Crippen molar-refractivity contribution < 1.29 is 22.7 Å². The van der Waals surface area contributed by atoms with Crippen LogP contribution in [0.3, 0.4) is 0 Å². The van der Waals surface area contributed by atoms with Gasteiger partial charge in [-0.05, 0) is 48.4 Å². The van der Waals surface area contributed by atoms with E-state index in [1.165, 1.54) is 26.4 Å². The van der Waals surface area contributed by atoms with Gasteiger partial charge in [0.15, 0.2) is 0 Å². The van der Waals surface area contributed by atoms with Gasteiger partial charge in [-0.3, -0.25) is 4.72 Å². The van der Waals surface area contributed by atoms with Crippen molar-refractivity contribution in [2.75, 3.05) is 30.8 Å². The highest BCUT2D eigenvalue weighted by Crippen LogP contribution is 2.29. The van der Waals surface area contributed by atoms with E-state index in [9.17, 15) is 13.2 Å². The molecule has 2 amide bonds. The van der Waals surface area contributed by atoms with Gasteiger partial charge in [0.1, 0.15) is 16.4 Å². The molecule has 0 spiro atoms. The van der Waals surface area contributed by atoms with Crippen LogP contribution in [0.5, 0.6) is 11.5 Å². The molecule has 9 heteroatoms. The number of carbonyl (C=O) groups is 1. The summed E-state index contributed by atoms with van der Waals surface area (Å²) in [5.41, 5.74) is 2.01. The number of carbonyl (C=O) groups excluding carboxylic acids is 1. The number of rotatable bonds is 9. The van der Waals surface area contributed by atoms with Gasteiger partial charge in [-0.25, -0.2) is 13.2 Å². The number of nitrogens with one attached hydrogen (secondary N) is 3. The van der Waals surface area contributed by atoms with Gasteiger partial charge >= 0.3 is 6.03 Å². The molecule has 0 aliphatic heterocycles. The topological polar surface area (TPSA) is 106 Å². The summed E-state index contributed by atoms with van der Waals surface area (Å²) in [4.78, 5) is 12.0. The lowest BCUT2D eigenvalue weighted by atomic mass is 10.1. The summed E-state index contributed by atoms with van der Waals surface area (Å²) < 4.78 is 38.4. The third kappa shape index (κ3) is 6.14. The summed E-state index contributed by atoms with van der Waals surface area (Å²) >= 11 is 0. The molecule has 3 N–H and O–H groups in total. The maximum Gasteiger partial charge on any atom is 0.319 e. The largest absolute Gasteiger partial charge is 0.497 e. The highest BCUT2D eigenvalue weighted by atomic mass is 32.2. The third-order valence-electron chi connectivity index (χ3n) is 4.60. The molecule has 0 aliphatic rings. The van der Waals surface area contributed by atoms with E-state index in [0.29, 0.717) is 23.7 Å². The third-order valence-corrected chi connectivity index (χ3v) is 6.00. The average Bonchev–Trinajstić information content (AvgIpc) is 2.80. The van der Waals surface area contributed by atoms with Gasteiger partial charge < -0.3 is 20.1 Å². The van der Waals surface area contributed by atoms with Crippen molar-refractivity contribution in [1.29, 1.82) is 0 Å². The molecule has 0 bridgehead atoms. The predicted octanol–water partition coefficient (Wildman–Crippen LogP) is 3.87. The first-order valence-corrected chi connectivity index (χ1v) is 11.3. The van der Waals surface area contributed by atoms with Crippen LogP contribution in [0.4, 0.5) is 16.2 Å². The number of urea groups is 1. The summed E-state index contributed by atoms with van der Waals surface area (Å²) in [6.45, 7) is 0.496. The molecule has 32 heavy (non-hydrogen) atoms. The number of hydrogen-bond donors (Lipinski definition) is 3. The molecule has 168 valence electrons. The van der Waals surface area contributed by atoms with Crippen LogP contribution in [0, 0.1) is 0 Å². The van der Waals surface area contributed by atoms with Crippen LogP contribution in [0.2, 0.25) is 0 Å². The van der Waals surface area contributed by atoms with Gasteiger partial charge in [-0.15, -0.1) is 0 Å². The van der Waals surface area contributed by atoms with Gasteiger partial charge in [0.2, 0.25) is 0 Å². The molecule has 0 unspecified atom stereocenters. The van der Waals surface area contributed by atoms with Crippen LogP contribution < -0.4 is 24.8 Å². The molecule has 0 heterocycles. The smallest absolute Gasteiger partial charge is 0.319 e. The molecule has 0 aliphatic carbocycles. The first-order valence-electron chi connectivity index (χ1n) is 9.85. The lowest BCUT2D eigenvalue weighted by Crippen LogP contribution is -2.30. The number of benzene rings is 3. The van der Waals surface area contributed by atoms with Crippen molar-refractivity contribution in [2.24, 2.45) is 0 Å². The maximum absolute atomic E-state index is 12.8. The molecular formula is C23H25N3O5S. The van der Waals surface area contributed by atoms with Gasteiger partial charge in [-0.1, -0.05) is 30.3 Å². The highest BCUT2D eigenvalue weighted by molar-refractivity contribution is 7.92. The summed E-state index contributed by atoms with van der Waals surface area (Å²) in [6.07, 6.45) is 0.725. The summed E-state index contributed by atoms with van der Waals surface area (Å²) in [5.74, 6) is 0.591. The summed E-state index contributed by atoms with van der Waals surface area (Å²) in [6, 6.07) is 20.4. The minimum atomic E-state index is -3.92. The zero-order valence-electron chi connectivity index (χ0n) is 17.8. The van der Waals surface area contributed by atoms with Gasteiger partial charge in [0.05, 0.1) is 14.2 Å². The maximum atomic E-state index is 12.8. The van der Waals surface area contributed by atoms with E-state index in [0.717, 1.165) is 12.0 Å². The first-order chi connectivity index (χ1) is 15.4. The van der Waals surface area contributed by atoms with Crippen LogP contribution in [0.15, 0.2) is 77.7 Å². The normalized spacial score (nSPS) is 10.8. The zero-order valence-corrected chi connectivity index (χ0v) is 18.6. The van der Waals surface area contributed by atoms with Crippen LogP contribution >= 0.6 is 0 Å². The highest BCUT2D eigenvalue weighted by Gasteiger charge is 2.20. The second kappa shape index (κ2) is 10.5. The monoisotopic (exact) mass is 455 g/mol. The molecule has 0 saturated heterocycles. The number of anilines is 2. The Kier molecular flexibility index (Phi) is 7.56. The predicted molar refractivity (Wildman–Crippen MR) is 124 cm³/mol. The van der Waals surface area contributed by atoms with E-state index in [2.05, 4.69) is 15.4 Å². The molecule has 3 rings (SSSR count). The molecule has 0 saturated carbocycles. The number of methoxy groups -OCH3 is 2. The van der Waals surface area contributed by atoms with E-state index in [4.69, 9.17) is 9.47 Å². The fourth-order valence-corrected chi connectivity index (χ4v) is 4.21. The average molecular weight is 456 g/mol. The first kappa shape index (κ1) is 23.0. The second-order valence-electron chi connectivity index (χ2n) is 6.82. The van der Waals surface area contributed by atoms with Crippen molar-refractivity contribution in [2.45, 2.75) is 11.3 Å². The Bertz CT molecular complexity index is 1150. The zero-order chi connectivity index (χ0) is 23.0. The van der Waals surface area contributed by atoms with E-state index in [1.807, 2.05) is 30.3 Å². The van der Waals surface area contributed by atoms with Gasteiger partial charge in [-0.2, -0.15) is 0 Å². The quantitative estimate of drug-likeness (QED) is 0.454. The fraction of sp³-hybridized carbons (Fsp3) is 0.174. The van der Waals surface area contributed by atoms with Crippen molar-refractivity contribution in [3.8, 4) is 11.5 Å². The molecule has 3 aromatic rings. The van der Waals surface area contributed by atoms with E-state index >= 15 is 0 Å². The van der Waals surface area contributed by atoms with Crippen molar-refractivity contribution in [3.05, 3.63) is 78.4 Å². The van der Waals surface area contributed by atoms with Crippen molar-refractivity contribution in [1.82, 2.24) is 5.32 Å². The number of ether oxygens (including phenoxy) is 2. The van der Waals surface area contributed by atoms with Crippen LogP contribution in [-0.4, -0.2) is 35.2 Å². The Hall–Kier alpha value is -3.72. The SMILES string of the molecule is COc1ccc(OC)c(S(=O)(=O)Nc2ccc(NC(=O)NCCc3ccccc3)cc2)c1. The minimum Gasteiger partial charge on any atom is -0.497 e. The Morgan fingerprint density at radius 3 is 2.22 bits per heavy atom. The number of amides is 2. The molecule has 0 fully saturated rings. The molecular weight excluding hydrogens is 430 g/mol. The Morgan fingerprint density at radius 2 is 1.56 bits per heavy atom. The van der Waals surface area contributed by atoms with Gasteiger partial charge in [0, 0.05) is 24.0 Å². The van der Waals surface area contributed by atoms with Crippen molar-refractivity contribution >= 4 is 27.4 Å². The Labute approximate surface area is 187 Å². The molecule has 0 radical (unpaired) electrons. The summed E-state index contributed by atoms with van der Waals surface area (Å²) in [7, 11) is -1.07.